The Balaban J connectivity index is 1.45. The summed E-state index contributed by atoms with van der Waals surface area (Å²) in [5.74, 6) is 0.983. The van der Waals surface area contributed by atoms with Crippen molar-refractivity contribution >= 4 is 5.96 Å². The molecule has 3 saturated heterocycles. The molecule has 0 aromatic carbocycles. The van der Waals surface area contributed by atoms with E-state index in [4.69, 9.17) is 4.74 Å². The third-order valence-corrected chi connectivity index (χ3v) is 7.54. The molecule has 0 bridgehead atoms. The van der Waals surface area contributed by atoms with Gasteiger partial charge in [-0.05, 0) is 85.6 Å². The average Bonchev–Trinajstić information content (AvgIpc) is 2.79. The van der Waals surface area contributed by atoms with E-state index >= 15 is 0 Å². The van der Waals surface area contributed by atoms with Crippen LogP contribution in [0.1, 0.15) is 58.8 Å². The zero-order chi connectivity index (χ0) is 22.1. The number of nitrogens with zero attached hydrogens (tertiary/aromatic N) is 4. The summed E-state index contributed by atoms with van der Waals surface area (Å²) in [7, 11) is 4.17. The topological polar surface area (TPSA) is 55.4 Å². The van der Waals surface area contributed by atoms with Crippen LogP contribution in [-0.2, 0) is 4.74 Å². The Morgan fingerprint density at radius 2 is 1.71 bits per heavy atom. The first kappa shape index (κ1) is 24.7. The third-order valence-electron chi connectivity index (χ3n) is 7.54. The van der Waals surface area contributed by atoms with E-state index in [-0.39, 0.29) is 5.54 Å². The number of ether oxygens (including phenoxy) is 1. The summed E-state index contributed by atoms with van der Waals surface area (Å²) >= 11 is 0. The molecule has 3 fully saturated rings. The highest BCUT2D eigenvalue weighted by Crippen LogP contribution is 2.30. The van der Waals surface area contributed by atoms with Crippen molar-refractivity contribution in [1.82, 2.24) is 25.3 Å². The second kappa shape index (κ2) is 12.4. The summed E-state index contributed by atoms with van der Waals surface area (Å²) in [6.07, 6.45) is 9.28. The van der Waals surface area contributed by atoms with Gasteiger partial charge in [-0.3, -0.25) is 9.89 Å². The highest BCUT2D eigenvalue weighted by Gasteiger charge is 2.39. The van der Waals surface area contributed by atoms with Crippen LogP contribution in [0, 0.1) is 0 Å². The molecular weight excluding hydrogens is 388 g/mol. The number of rotatable bonds is 8. The number of guanidine groups is 1. The van der Waals surface area contributed by atoms with Crippen molar-refractivity contribution < 1.29 is 4.74 Å². The number of hydrogen-bond acceptors (Lipinski definition) is 5. The van der Waals surface area contributed by atoms with Crippen LogP contribution in [0.5, 0.6) is 0 Å². The summed E-state index contributed by atoms with van der Waals surface area (Å²) < 4.78 is 5.72. The summed E-state index contributed by atoms with van der Waals surface area (Å²) in [4.78, 5) is 12.4. The summed E-state index contributed by atoms with van der Waals surface area (Å²) in [6.45, 7) is 14.3. The van der Waals surface area contributed by atoms with Crippen LogP contribution in [0.2, 0.25) is 0 Å². The maximum absolute atomic E-state index is 5.72. The zero-order valence-electron chi connectivity index (χ0n) is 20.7. The molecule has 0 aliphatic carbocycles. The molecule has 0 aromatic heterocycles. The van der Waals surface area contributed by atoms with Crippen molar-refractivity contribution in [2.75, 3.05) is 73.1 Å². The molecule has 7 nitrogen and oxygen atoms in total. The molecule has 0 amide bonds. The van der Waals surface area contributed by atoms with Gasteiger partial charge in [0.2, 0.25) is 0 Å². The predicted octanol–water partition coefficient (Wildman–Crippen LogP) is 1.99. The molecule has 0 radical (unpaired) electrons. The highest BCUT2D eigenvalue weighted by molar-refractivity contribution is 5.80. The smallest absolute Gasteiger partial charge is 0.191 e. The van der Waals surface area contributed by atoms with E-state index in [2.05, 4.69) is 51.2 Å². The number of hydrogen-bond donors (Lipinski definition) is 2. The van der Waals surface area contributed by atoms with Crippen molar-refractivity contribution in [2.24, 2.45) is 4.99 Å². The van der Waals surface area contributed by atoms with Gasteiger partial charge in [-0.1, -0.05) is 6.42 Å². The number of likely N-dealkylation sites (tertiary alicyclic amines) is 3. The van der Waals surface area contributed by atoms with Crippen LogP contribution in [0.25, 0.3) is 0 Å². The molecule has 0 spiro atoms. The van der Waals surface area contributed by atoms with Gasteiger partial charge < -0.3 is 25.2 Å². The van der Waals surface area contributed by atoms with E-state index in [9.17, 15) is 0 Å². The Morgan fingerprint density at radius 1 is 1.03 bits per heavy atom. The minimum absolute atomic E-state index is 0.282. The largest absolute Gasteiger partial charge is 0.377 e. The van der Waals surface area contributed by atoms with E-state index in [1.165, 1.54) is 71.1 Å². The fourth-order valence-electron chi connectivity index (χ4n) is 5.36. The van der Waals surface area contributed by atoms with Gasteiger partial charge in [-0.2, -0.15) is 0 Å². The summed E-state index contributed by atoms with van der Waals surface area (Å²) in [5.41, 5.74) is 0.282. The van der Waals surface area contributed by atoms with Crippen molar-refractivity contribution in [1.29, 1.82) is 0 Å². The zero-order valence-corrected chi connectivity index (χ0v) is 20.7. The van der Waals surface area contributed by atoms with Crippen LogP contribution in [0.15, 0.2) is 4.99 Å². The van der Waals surface area contributed by atoms with Gasteiger partial charge in [0.25, 0.3) is 0 Å². The molecule has 3 aliphatic heterocycles. The van der Waals surface area contributed by atoms with Crippen LogP contribution in [-0.4, -0.2) is 111 Å². The molecule has 0 aromatic rings. The Labute approximate surface area is 191 Å². The van der Waals surface area contributed by atoms with E-state index in [0.717, 1.165) is 38.7 Å². The highest BCUT2D eigenvalue weighted by atomic mass is 16.5. The van der Waals surface area contributed by atoms with Gasteiger partial charge in [0.15, 0.2) is 5.96 Å². The van der Waals surface area contributed by atoms with Gasteiger partial charge in [0.1, 0.15) is 0 Å². The molecule has 180 valence electrons. The third kappa shape index (κ3) is 7.58. The van der Waals surface area contributed by atoms with Crippen LogP contribution in [0.3, 0.4) is 0 Å². The molecule has 0 unspecified atom stereocenters. The van der Waals surface area contributed by atoms with Gasteiger partial charge in [-0.15, -0.1) is 0 Å². The maximum Gasteiger partial charge on any atom is 0.191 e. The monoisotopic (exact) mass is 436 g/mol. The molecule has 0 saturated carbocycles. The summed E-state index contributed by atoms with van der Waals surface area (Å²) in [6, 6.07) is 0.511. The maximum atomic E-state index is 5.72. The Kier molecular flexibility index (Phi) is 9.88. The van der Waals surface area contributed by atoms with Crippen LogP contribution >= 0.6 is 0 Å². The lowest BCUT2D eigenvalue weighted by Gasteiger charge is -2.50. The second-order valence-corrected chi connectivity index (χ2v) is 10.2. The Bertz CT molecular complexity index is 532. The lowest BCUT2D eigenvalue weighted by molar-refractivity contribution is 0.0172. The first-order chi connectivity index (χ1) is 15.0. The number of nitrogens with one attached hydrogen (secondary N) is 2. The quantitative estimate of drug-likeness (QED) is 0.448. The fraction of sp³-hybridized carbons (Fsp3) is 0.958. The lowest BCUT2D eigenvalue weighted by atomic mass is 9.84. The molecule has 2 N–H and O–H groups in total. The first-order valence-corrected chi connectivity index (χ1v) is 12.8. The first-order valence-electron chi connectivity index (χ1n) is 12.8. The number of piperidine rings is 3. The minimum Gasteiger partial charge on any atom is -0.377 e. The van der Waals surface area contributed by atoms with E-state index in [1.807, 2.05) is 7.05 Å². The van der Waals surface area contributed by atoms with Gasteiger partial charge in [0, 0.05) is 44.8 Å². The van der Waals surface area contributed by atoms with Crippen molar-refractivity contribution in [3.05, 3.63) is 0 Å². The Morgan fingerprint density at radius 3 is 2.32 bits per heavy atom. The minimum atomic E-state index is 0.282. The lowest BCUT2D eigenvalue weighted by Crippen LogP contribution is -2.62. The fourth-order valence-corrected chi connectivity index (χ4v) is 5.36. The number of aliphatic imine (C=N–C) groups is 1. The van der Waals surface area contributed by atoms with Crippen LogP contribution < -0.4 is 10.6 Å². The average molecular weight is 437 g/mol. The Hall–Kier alpha value is -0.890. The van der Waals surface area contributed by atoms with Gasteiger partial charge in [0.05, 0.1) is 12.7 Å². The molecular formula is C24H48N6O. The van der Waals surface area contributed by atoms with E-state index in [1.54, 1.807) is 0 Å². The van der Waals surface area contributed by atoms with Crippen molar-refractivity contribution in [2.45, 2.75) is 76.5 Å². The standard InChI is InChI=1S/C24H48N6O/c1-21(2)31-19-18-29-14-8-22(9-15-29)27-23(25-3)26-20-24(10-16-28(4)17-11-24)30-12-6-5-7-13-30/h21-22H,5-20H2,1-4H3,(H2,25,26,27). The molecule has 0 atom stereocenters. The van der Waals surface area contributed by atoms with Gasteiger partial charge in [-0.25, -0.2) is 0 Å². The van der Waals surface area contributed by atoms with E-state index < -0.39 is 0 Å². The second-order valence-electron chi connectivity index (χ2n) is 10.2. The molecule has 3 rings (SSSR count). The van der Waals surface area contributed by atoms with E-state index in [0.29, 0.717) is 12.1 Å². The molecule has 31 heavy (non-hydrogen) atoms. The van der Waals surface area contributed by atoms with Crippen molar-refractivity contribution in [3.63, 3.8) is 0 Å². The SMILES string of the molecule is CN=C(NCC1(N2CCCCC2)CCN(C)CC1)NC1CCN(CCOC(C)C)CC1. The summed E-state index contributed by atoms with van der Waals surface area (Å²) in [5, 5.41) is 7.46. The van der Waals surface area contributed by atoms with Crippen LogP contribution in [0.4, 0.5) is 0 Å². The van der Waals surface area contributed by atoms with Crippen molar-refractivity contribution in [3.8, 4) is 0 Å². The predicted molar refractivity (Wildman–Crippen MR) is 130 cm³/mol. The van der Waals surface area contributed by atoms with Gasteiger partial charge >= 0.3 is 0 Å². The molecule has 3 aliphatic rings. The molecule has 7 heteroatoms. The molecule has 3 heterocycles. The normalized spacial score (nSPS) is 25.1.